The molecule has 5 nitrogen and oxygen atoms in total. The summed E-state index contributed by atoms with van der Waals surface area (Å²) in [4.78, 5) is 20.8. The van der Waals surface area contributed by atoms with E-state index < -0.39 is 0 Å². The fourth-order valence-corrected chi connectivity index (χ4v) is 2.77. The molecule has 2 aromatic rings. The molecule has 0 fully saturated rings. The lowest BCUT2D eigenvalue weighted by atomic mass is 10.1. The van der Waals surface area contributed by atoms with Gasteiger partial charge in [-0.05, 0) is 31.9 Å². The minimum atomic E-state index is 0.0611. The van der Waals surface area contributed by atoms with Crippen LogP contribution in [0.5, 0.6) is 0 Å². The van der Waals surface area contributed by atoms with Crippen molar-refractivity contribution >= 4 is 5.91 Å². The molecule has 0 saturated heterocycles. The molecule has 0 bridgehead atoms. The summed E-state index contributed by atoms with van der Waals surface area (Å²) >= 11 is 0. The van der Waals surface area contributed by atoms with E-state index in [1.807, 2.05) is 26.0 Å². The van der Waals surface area contributed by atoms with E-state index in [-0.39, 0.29) is 11.9 Å². The number of fused-ring (bicyclic) bond motifs is 1. The second-order valence-electron chi connectivity index (χ2n) is 5.74. The van der Waals surface area contributed by atoms with Crippen molar-refractivity contribution < 1.29 is 4.79 Å². The number of hydrogen-bond donors (Lipinski definition) is 1. The number of carbonyl (C=O) groups is 1. The molecule has 1 atom stereocenters. The maximum atomic E-state index is 12.1. The lowest BCUT2D eigenvalue weighted by molar-refractivity contribution is -0.121. The highest BCUT2D eigenvalue weighted by atomic mass is 16.1. The van der Waals surface area contributed by atoms with E-state index in [1.54, 1.807) is 6.20 Å². The monoisotopic (exact) mass is 284 g/mol. The number of imidazole rings is 1. The molecule has 0 unspecified atom stereocenters. The van der Waals surface area contributed by atoms with Gasteiger partial charge in [-0.2, -0.15) is 0 Å². The fourth-order valence-electron chi connectivity index (χ4n) is 2.77. The van der Waals surface area contributed by atoms with Crippen molar-refractivity contribution in [2.45, 2.75) is 45.7 Å². The zero-order valence-electron chi connectivity index (χ0n) is 12.5. The van der Waals surface area contributed by atoms with Crippen molar-refractivity contribution in [1.29, 1.82) is 0 Å². The van der Waals surface area contributed by atoms with Gasteiger partial charge >= 0.3 is 0 Å². The smallest absolute Gasteiger partial charge is 0.224 e. The quantitative estimate of drug-likeness (QED) is 0.930. The average molecular weight is 284 g/mol. The van der Waals surface area contributed by atoms with Gasteiger partial charge in [-0.15, -0.1) is 0 Å². The second-order valence-corrected chi connectivity index (χ2v) is 5.74. The summed E-state index contributed by atoms with van der Waals surface area (Å²) in [5.41, 5.74) is 2.96. The zero-order valence-corrected chi connectivity index (χ0v) is 12.5. The predicted molar refractivity (Wildman–Crippen MR) is 79.9 cm³/mol. The Labute approximate surface area is 124 Å². The first-order valence-electron chi connectivity index (χ1n) is 7.34. The van der Waals surface area contributed by atoms with E-state index in [1.165, 1.54) is 0 Å². The number of rotatable bonds is 3. The van der Waals surface area contributed by atoms with E-state index in [9.17, 15) is 4.79 Å². The molecule has 1 amide bonds. The molecule has 1 aliphatic heterocycles. The van der Waals surface area contributed by atoms with E-state index >= 15 is 0 Å². The van der Waals surface area contributed by atoms with E-state index in [4.69, 9.17) is 0 Å². The van der Waals surface area contributed by atoms with Crippen LogP contribution < -0.4 is 5.32 Å². The van der Waals surface area contributed by atoms with Crippen LogP contribution in [0.25, 0.3) is 0 Å². The topological polar surface area (TPSA) is 59.8 Å². The summed E-state index contributed by atoms with van der Waals surface area (Å²) in [5, 5.41) is 3.12. The van der Waals surface area contributed by atoms with Crippen LogP contribution in [0.3, 0.4) is 0 Å². The number of carbonyl (C=O) groups excluding carboxylic acids is 1. The van der Waals surface area contributed by atoms with Crippen molar-refractivity contribution in [3.63, 3.8) is 0 Å². The molecule has 0 aliphatic carbocycles. The number of nitrogens with one attached hydrogen (secondary N) is 1. The molecular formula is C16H20N4O. The molecule has 0 radical (unpaired) electrons. The van der Waals surface area contributed by atoms with Crippen molar-refractivity contribution in [3.8, 4) is 0 Å². The number of hydrogen-bond acceptors (Lipinski definition) is 3. The fraction of sp³-hybridized carbons (Fsp3) is 0.438. The van der Waals surface area contributed by atoms with Gasteiger partial charge in [0.15, 0.2) is 0 Å². The van der Waals surface area contributed by atoms with Crippen LogP contribution in [0, 0.1) is 13.8 Å². The van der Waals surface area contributed by atoms with E-state index in [0.717, 1.165) is 42.2 Å². The molecule has 110 valence electrons. The zero-order chi connectivity index (χ0) is 14.8. The lowest BCUT2D eigenvalue weighted by Crippen LogP contribution is -2.41. The summed E-state index contributed by atoms with van der Waals surface area (Å²) in [6.07, 6.45) is 6.09. The van der Waals surface area contributed by atoms with Crippen molar-refractivity contribution in [3.05, 3.63) is 47.3 Å². The van der Waals surface area contributed by atoms with E-state index in [2.05, 4.69) is 26.0 Å². The third kappa shape index (κ3) is 3.29. The van der Waals surface area contributed by atoms with Gasteiger partial charge in [-0.25, -0.2) is 4.98 Å². The van der Waals surface area contributed by atoms with Crippen LogP contribution in [-0.4, -0.2) is 26.5 Å². The standard InChI is InChI=1S/C16H20N4O/c1-11-3-4-13(8-17-11)7-16(21)19-14-5-6-15-18-12(2)9-20(15)10-14/h3-4,8-9,14H,5-7,10H2,1-2H3,(H,19,21)/t14-/m1/s1. The van der Waals surface area contributed by atoms with Gasteiger partial charge in [-0.1, -0.05) is 6.07 Å². The normalized spacial score (nSPS) is 17.3. The van der Waals surface area contributed by atoms with Crippen LogP contribution in [0.1, 0.15) is 29.2 Å². The first kappa shape index (κ1) is 13.8. The second kappa shape index (κ2) is 5.68. The predicted octanol–water partition coefficient (Wildman–Crippen LogP) is 1.57. The minimum Gasteiger partial charge on any atom is -0.351 e. The molecule has 0 aromatic carbocycles. The van der Waals surface area contributed by atoms with Crippen molar-refractivity contribution in [2.24, 2.45) is 0 Å². The Morgan fingerprint density at radius 3 is 3.00 bits per heavy atom. The van der Waals surface area contributed by atoms with Crippen LogP contribution in [0.15, 0.2) is 24.5 Å². The Balaban J connectivity index is 1.57. The average Bonchev–Trinajstić information content (AvgIpc) is 2.80. The molecule has 0 spiro atoms. The van der Waals surface area contributed by atoms with Crippen LogP contribution >= 0.6 is 0 Å². The highest BCUT2D eigenvalue weighted by Gasteiger charge is 2.21. The Bertz CT molecular complexity index is 645. The minimum absolute atomic E-state index is 0.0611. The number of aromatic nitrogens is 3. The summed E-state index contributed by atoms with van der Waals surface area (Å²) in [5.74, 6) is 1.19. The van der Waals surface area contributed by atoms with Crippen LogP contribution in [-0.2, 0) is 24.2 Å². The number of aryl methyl sites for hydroxylation is 3. The van der Waals surface area contributed by atoms with Gasteiger partial charge in [0.2, 0.25) is 5.91 Å². The molecule has 2 aromatic heterocycles. The molecule has 3 heterocycles. The Hall–Kier alpha value is -2.17. The summed E-state index contributed by atoms with van der Waals surface area (Å²) < 4.78 is 2.15. The lowest BCUT2D eigenvalue weighted by Gasteiger charge is -2.24. The van der Waals surface area contributed by atoms with Crippen molar-refractivity contribution in [2.75, 3.05) is 0 Å². The number of amides is 1. The highest BCUT2D eigenvalue weighted by Crippen LogP contribution is 2.15. The molecule has 0 saturated carbocycles. The van der Waals surface area contributed by atoms with Gasteiger partial charge < -0.3 is 9.88 Å². The number of nitrogens with zero attached hydrogens (tertiary/aromatic N) is 3. The highest BCUT2D eigenvalue weighted by molar-refractivity contribution is 5.78. The molecule has 5 heteroatoms. The van der Waals surface area contributed by atoms with Gasteiger partial charge in [0, 0.05) is 37.1 Å². The largest absolute Gasteiger partial charge is 0.351 e. The molecule has 3 rings (SSSR count). The molecule has 1 N–H and O–H groups in total. The third-order valence-corrected chi connectivity index (χ3v) is 3.82. The maximum absolute atomic E-state index is 12.1. The van der Waals surface area contributed by atoms with Crippen molar-refractivity contribution in [1.82, 2.24) is 19.9 Å². The summed E-state index contributed by atoms with van der Waals surface area (Å²) in [7, 11) is 0. The van der Waals surface area contributed by atoms with Gasteiger partial charge in [0.25, 0.3) is 0 Å². The molecular weight excluding hydrogens is 264 g/mol. The van der Waals surface area contributed by atoms with Gasteiger partial charge in [-0.3, -0.25) is 9.78 Å². The van der Waals surface area contributed by atoms with Crippen LogP contribution in [0.4, 0.5) is 0 Å². The van der Waals surface area contributed by atoms with E-state index in [0.29, 0.717) is 6.42 Å². The summed E-state index contributed by atoms with van der Waals surface area (Å²) in [6, 6.07) is 4.08. The van der Waals surface area contributed by atoms with Gasteiger partial charge in [0.05, 0.1) is 12.1 Å². The Morgan fingerprint density at radius 1 is 1.38 bits per heavy atom. The first-order valence-corrected chi connectivity index (χ1v) is 7.34. The molecule has 21 heavy (non-hydrogen) atoms. The summed E-state index contributed by atoms with van der Waals surface area (Å²) in [6.45, 7) is 4.76. The maximum Gasteiger partial charge on any atom is 0.224 e. The number of pyridine rings is 1. The SMILES string of the molecule is Cc1ccc(CC(=O)N[C@@H]2CCc3nc(C)cn3C2)cn1. The molecule has 1 aliphatic rings. The Morgan fingerprint density at radius 2 is 2.24 bits per heavy atom. The Kier molecular flexibility index (Phi) is 3.73. The van der Waals surface area contributed by atoms with Crippen LogP contribution in [0.2, 0.25) is 0 Å². The van der Waals surface area contributed by atoms with Gasteiger partial charge in [0.1, 0.15) is 5.82 Å². The third-order valence-electron chi connectivity index (χ3n) is 3.82. The first-order chi connectivity index (χ1) is 10.1.